The fraction of sp³-hybridized carbons (Fsp3) is 0.375. The summed E-state index contributed by atoms with van der Waals surface area (Å²) in [5, 5.41) is 17.6. The maximum absolute atomic E-state index is 13.2. The summed E-state index contributed by atoms with van der Waals surface area (Å²) >= 11 is 0. The third-order valence-corrected chi connectivity index (χ3v) is 10.5. The molecular weight excluding hydrogens is 585 g/mol. The number of hydrogen-bond acceptors (Lipinski definition) is 7. The molecule has 3 N–H and O–H groups in total. The van der Waals surface area contributed by atoms with Crippen LogP contribution in [-0.4, -0.2) is 40.8 Å². The van der Waals surface area contributed by atoms with Gasteiger partial charge in [-0.25, -0.2) is 22.0 Å². The Labute approximate surface area is 253 Å². The van der Waals surface area contributed by atoms with Crippen LogP contribution in [0.2, 0.25) is 0 Å². The number of rotatable bonds is 13. The van der Waals surface area contributed by atoms with Gasteiger partial charge in [0.1, 0.15) is 0 Å². The number of nitrogens with zero attached hydrogens (tertiary/aromatic N) is 2. The predicted molar refractivity (Wildman–Crippen MR) is 166 cm³/mol. The van der Waals surface area contributed by atoms with Gasteiger partial charge >= 0.3 is 0 Å². The Morgan fingerprint density at radius 2 is 1.51 bits per heavy atom. The number of nitrogens with two attached hydrogens (primary N) is 1. The second-order valence-corrected chi connectivity index (χ2v) is 15.3. The molecule has 0 bridgehead atoms. The minimum absolute atomic E-state index is 0.00566. The second-order valence-electron chi connectivity index (χ2n) is 11.3. The van der Waals surface area contributed by atoms with Crippen molar-refractivity contribution in [1.29, 1.82) is 5.26 Å². The summed E-state index contributed by atoms with van der Waals surface area (Å²) in [5.74, 6) is 0.443. The molecule has 226 valence electrons. The summed E-state index contributed by atoms with van der Waals surface area (Å²) in [7, 11) is -7.08. The average Bonchev–Trinajstić information content (AvgIpc) is 3.90. The smallest absolute Gasteiger partial charge is 0.251 e. The van der Waals surface area contributed by atoms with Crippen LogP contribution in [0.4, 0.5) is 11.4 Å². The van der Waals surface area contributed by atoms with Gasteiger partial charge in [0.2, 0.25) is 10.0 Å². The van der Waals surface area contributed by atoms with Crippen molar-refractivity contribution in [2.45, 2.75) is 61.8 Å². The molecule has 0 aliphatic heterocycles. The molecule has 0 aromatic heterocycles. The summed E-state index contributed by atoms with van der Waals surface area (Å²) in [4.78, 5) is 15.3. The third kappa shape index (κ3) is 7.82. The van der Waals surface area contributed by atoms with Crippen molar-refractivity contribution in [2.75, 3.05) is 23.0 Å². The van der Waals surface area contributed by atoms with Crippen molar-refractivity contribution in [2.24, 2.45) is 5.14 Å². The zero-order chi connectivity index (χ0) is 30.8. The monoisotopic (exact) mass is 620 g/mol. The van der Waals surface area contributed by atoms with E-state index in [0.717, 1.165) is 37.1 Å². The fourth-order valence-electron chi connectivity index (χ4n) is 5.20. The Hall–Kier alpha value is -3.72. The first-order valence-electron chi connectivity index (χ1n) is 14.5. The maximum Gasteiger partial charge on any atom is 0.251 e. The Morgan fingerprint density at radius 1 is 0.930 bits per heavy atom. The molecule has 0 saturated heterocycles. The molecule has 11 heteroatoms. The number of nitriles is 1. The number of amides is 1. The number of carbonyl (C=O) groups excluding carboxylic acids is 1. The van der Waals surface area contributed by atoms with E-state index in [2.05, 4.69) is 29.6 Å². The molecule has 2 saturated carbocycles. The van der Waals surface area contributed by atoms with Crippen molar-refractivity contribution in [1.82, 2.24) is 5.32 Å². The van der Waals surface area contributed by atoms with Crippen molar-refractivity contribution < 1.29 is 21.6 Å². The van der Waals surface area contributed by atoms with E-state index < -0.39 is 25.9 Å². The molecule has 2 aliphatic carbocycles. The lowest BCUT2D eigenvalue weighted by Crippen LogP contribution is -2.29. The van der Waals surface area contributed by atoms with Gasteiger partial charge in [-0.3, -0.25) is 4.79 Å². The van der Waals surface area contributed by atoms with E-state index in [1.165, 1.54) is 23.3 Å². The first-order chi connectivity index (χ1) is 20.5. The van der Waals surface area contributed by atoms with Gasteiger partial charge < -0.3 is 10.2 Å². The molecule has 0 unspecified atom stereocenters. The Bertz CT molecular complexity index is 1710. The number of sulfone groups is 1. The van der Waals surface area contributed by atoms with E-state index in [0.29, 0.717) is 23.0 Å². The van der Waals surface area contributed by atoms with Crippen LogP contribution in [0.3, 0.4) is 0 Å². The number of anilines is 2. The van der Waals surface area contributed by atoms with Gasteiger partial charge in [0, 0.05) is 23.5 Å². The number of hydrogen-bond donors (Lipinski definition) is 2. The number of nitrogens with one attached hydrogen (secondary N) is 1. The fourth-order valence-corrected chi connectivity index (χ4v) is 6.52. The highest BCUT2D eigenvalue weighted by molar-refractivity contribution is 7.91. The van der Waals surface area contributed by atoms with E-state index in [1.54, 1.807) is 43.3 Å². The third-order valence-electron chi connectivity index (χ3n) is 8.03. The highest BCUT2D eigenvalue weighted by Crippen LogP contribution is 2.47. The van der Waals surface area contributed by atoms with Crippen LogP contribution in [0.1, 0.15) is 84.0 Å². The molecule has 0 heterocycles. The van der Waals surface area contributed by atoms with Gasteiger partial charge in [-0.2, -0.15) is 5.26 Å². The summed E-state index contributed by atoms with van der Waals surface area (Å²) < 4.78 is 48.2. The predicted octanol–water partition coefficient (Wildman–Crippen LogP) is 5.05. The molecule has 5 rings (SSSR count). The first kappa shape index (κ1) is 30.7. The lowest BCUT2D eigenvalue weighted by atomic mass is 10.0. The van der Waals surface area contributed by atoms with E-state index in [4.69, 9.17) is 5.14 Å². The van der Waals surface area contributed by atoms with Crippen LogP contribution in [-0.2, 0) is 19.9 Å². The average molecular weight is 621 g/mol. The van der Waals surface area contributed by atoms with Crippen LogP contribution in [0.15, 0.2) is 71.6 Å². The standard InChI is InChI=1S/C32H36N4O5S2/c1-2-42(38,39)30-13-9-24(10-14-30)31(15-16-33)35-32(37)25-7-11-28(12-8-25)36(17-18-43(34,40)41)29-20-26(22-3-4-22)19-27(21-29)23-5-6-23/h7-14,19-23,31H,2-6,15,17-18H2,1H3,(H,35,37)(H2,34,40,41)/t31-/m0/s1. The Morgan fingerprint density at radius 3 is 2.00 bits per heavy atom. The van der Waals surface area contributed by atoms with Crippen LogP contribution in [0, 0.1) is 11.3 Å². The summed E-state index contributed by atoms with van der Waals surface area (Å²) in [6, 6.07) is 21.1. The normalized spacial score (nSPS) is 15.8. The van der Waals surface area contributed by atoms with Crippen LogP contribution < -0.4 is 15.4 Å². The van der Waals surface area contributed by atoms with Gasteiger partial charge in [-0.15, -0.1) is 0 Å². The maximum atomic E-state index is 13.2. The SMILES string of the molecule is CCS(=O)(=O)c1ccc([C@H](CC#N)NC(=O)c2ccc(N(CCS(N)(=O)=O)c3cc(C4CC4)cc(C4CC4)c3)cc2)cc1. The van der Waals surface area contributed by atoms with Crippen LogP contribution in [0.5, 0.6) is 0 Å². The zero-order valence-electron chi connectivity index (χ0n) is 24.1. The summed E-state index contributed by atoms with van der Waals surface area (Å²) in [5.41, 5.74) is 5.19. The minimum atomic E-state index is -3.71. The number of primary sulfonamides is 1. The summed E-state index contributed by atoms with van der Waals surface area (Å²) in [6.45, 7) is 1.74. The van der Waals surface area contributed by atoms with Crippen LogP contribution in [0.25, 0.3) is 0 Å². The lowest BCUT2D eigenvalue weighted by molar-refractivity contribution is 0.0937. The van der Waals surface area contributed by atoms with Crippen molar-refractivity contribution in [3.05, 3.63) is 89.0 Å². The molecule has 1 amide bonds. The van der Waals surface area contributed by atoms with Crippen molar-refractivity contribution >= 4 is 37.1 Å². The number of sulfonamides is 1. The molecule has 0 spiro atoms. The van der Waals surface area contributed by atoms with E-state index in [9.17, 15) is 26.9 Å². The molecule has 0 radical (unpaired) electrons. The van der Waals surface area contributed by atoms with Gasteiger partial charge in [0.25, 0.3) is 5.91 Å². The molecule has 3 aromatic rings. The van der Waals surface area contributed by atoms with Gasteiger partial charge in [-0.1, -0.05) is 25.1 Å². The number of benzene rings is 3. The lowest BCUT2D eigenvalue weighted by Gasteiger charge is -2.26. The van der Waals surface area contributed by atoms with Gasteiger partial charge in [-0.05, 0) is 103 Å². The van der Waals surface area contributed by atoms with E-state index >= 15 is 0 Å². The molecule has 2 aliphatic rings. The molecular formula is C32H36N4O5S2. The molecule has 2 fully saturated rings. The first-order valence-corrected chi connectivity index (χ1v) is 17.9. The highest BCUT2D eigenvalue weighted by atomic mass is 32.2. The topological polar surface area (TPSA) is 150 Å². The van der Waals surface area contributed by atoms with Crippen molar-refractivity contribution in [3.63, 3.8) is 0 Å². The van der Waals surface area contributed by atoms with Crippen LogP contribution >= 0.6 is 0 Å². The van der Waals surface area contributed by atoms with Gasteiger partial charge in [0.05, 0.1) is 34.9 Å². The zero-order valence-corrected chi connectivity index (χ0v) is 25.7. The Balaban J connectivity index is 1.38. The van der Waals surface area contributed by atoms with Gasteiger partial charge in [0.15, 0.2) is 9.84 Å². The minimum Gasteiger partial charge on any atom is -0.344 e. The highest BCUT2D eigenvalue weighted by Gasteiger charge is 2.29. The van der Waals surface area contributed by atoms with E-state index in [-0.39, 0.29) is 35.3 Å². The second kappa shape index (κ2) is 12.5. The quantitative estimate of drug-likeness (QED) is 0.272. The summed E-state index contributed by atoms with van der Waals surface area (Å²) in [6.07, 6.45) is 4.63. The van der Waals surface area contributed by atoms with Crippen molar-refractivity contribution in [3.8, 4) is 6.07 Å². The largest absolute Gasteiger partial charge is 0.344 e. The molecule has 1 atom stereocenters. The number of carbonyl (C=O) groups is 1. The molecule has 43 heavy (non-hydrogen) atoms. The Kier molecular flexibility index (Phi) is 8.92. The van der Waals surface area contributed by atoms with E-state index in [1.807, 2.05) is 4.90 Å². The molecule has 9 nitrogen and oxygen atoms in total. The molecule has 3 aromatic carbocycles.